The molecule has 13 rings (SSSR count). The molecule has 0 unspecified atom stereocenters. The summed E-state index contributed by atoms with van der Waals surface area (Å²) in [5.41, 5.74) is 17.4. The van der Waals surface area contributed by atoms with Crippen molar-refractivity contribution in [3.63, 3.8) is 0 Å². The molecular formula is C64H53Cl3N12O5. The number of hydrogen-bond donors (Lipinski definition) is 3. The van der Waals surface area contributed by atoms with E-state index in [2.05, 4.69) is 35.5 Å². The molecule has 0 aliphatic heterocycles. The van der Waals surface area contributed by atoms with Crippen LogP contribution in [0.1, 0.15) is 72.4 Å². The van der Waals surface area contributed by atoms with Crippen LogP contribution in [-0.4, -0.2) is 79.3 Å². The van der Waals surface area contributed by atoms with E-state index in [4.69, 9.17) is 50.4 Å². The zero-order chi connectivity index (χ0) is 57.9. The minimum atomic E-state index is -0.991. The largest absolute Gasteiger partial charge is 0.477 e. The summed E-state index contributed by atoms with van der Waals surface area (Å²) in [4.78, 5) is 54.5. The third-order valence-electron chi connectivity index (χ3n) is 13.9. The molecule has 0 saturated heterocycles. The smallest absolute Gasteiger partial charge is 0.356 e. The zero-order valence-corrected chi connectivity index (χ0v) is 47.0. The van der Waals surface area contributed by atoms with Crippen molar-refractivity contribution in [2.75, 3.05) is 12.8 Å². The van der Waals surface area contributed by atoms with Crippen molar-refractivity contribution in [1.29, 1.82) is 0 Å². The van der Waals surface area contributed by atoms with Crippen LogP contribution in [0.2, 0.25) is 15.1 Å². The number of rotatable bonds is 11. The lowest BCUT2D eigenvalue weighted by Gasteiger charge is -2.13. The molecule has 0 aliphatic carbocycles. The Morgan fingerprint density at radius 2 is 0.929 bits per heavy atom. The van der Waals surface area contributed by atoms with Gasteiger partial charge in [-0.25, -0.2) is 14.6 Å². The number of carboxylic acids is 1. The van der Waals surface area contributed by atoms with Gasteiger partial charge in [0.25, 0.3) is 5.91 Å². The number of aromatic nitrogens is 10. The highest BCUT2D eigenvalue weighted by atomic mass is 35.5. The third kappa shape index (κ3) is 12.3. The van der Waals surface area contributed by atoms with Gasteiger partial charge in [0.15, 0.2) is 11.4 Å². The normalized spacial score (nSPS) is 11.1. The van der Waals surface area contributed by atoms with Crippen molar-refractivity contribution in [2.45, 2.75) is 47.5 Å². The molecule has 0 bridgehead atoms. The first-order chi connectivity index (χ1) is 40.2. The Morgan fingerprint density at radius 3 is 1.35 bits per heavy atom. The van der Waals surface area contributed by atoms with Gasteiger partial charge in [0.05, 0.1) is 74.9 Å². The van der Waals surface area contributed by atoms with Gasteiger partial charge in [-0.1, -0.05) is 115 Å². The number of esters is 1. The number of nitrogens with two attached hydrogens (primary N) is 1. The summed E-state index contributed by atoms with van der Waals surface area (Å²) in [5.74, 6) is -1.12. The number of methoxy groups -OCH3 is 1. The Hall–Kier alpha value is -9.81. The molecule has 0 radical (unpaired) electrons. The lowest BCUT2D eigenvalue weighted by molar-refractivity contribution is 0.0588. The summed E-state index contributed by atoms with van der Waals surface area (Å²) in [7, 11) is 1.37. The molecular weight excluding hydrogens is 1120 g/mol. The van der Waals surface area contributed by atoms with Gasteiger partial charge in [-0.3, -0.25) is 33.8 Å². The molecule has 6 aromatic carbocycles. The van der Waals surface area contributed by atoms with Crippen LogP contribution in [0.3, 0.4) is 0 Å². The number of nitrogens with zero attached hydrogens (tertiary/aromatic N) is 10. The summed E-state index contributed by atoms with van der Waals surface area (Å²) in [5, 5.41) is 33.0. The number of hydrogen-bond acceptors (Lipinski definition) is 12. The molecule has 0 spiro atoms. The highest BCUT2D eigenvalue weighted by molar-refractivity contribution is 6.31. The predicted molar refractivity (Wildman–Crippen MR) is 331 cm³/mol. The molecule has 0 aliphatic rings. The lowest BCUT2D eigenvalue weighted by Crippen LogP contribution is -2.27. The topological polar surface area (TPSA) is 224 Å². The van der Waals surface area contributed by atoms with Crippen molar-refractivity contribution in [1.82, 2.24) is 54.6 Å². The Balaban J connectivity index is 0.000000142. The fourth-order valence-corrected chi connectivity index (χ4v) is 10.5. The van der Waals surface area contributed by atoms with Gasteiger partial charge in [0, 0.05) is 63.1 Å². The number of halogens is 3. The average molecular weight is 1180 g/mol. The fourth-order valence-electron chi connectivity index (χ4n) is 10.0. The molecule has 0 fully saturated rings. The van der Waals surface area contributed by atoms with Crippen LogP contribution < -0.4 is 11.1 Å². The molecule has 0 atom stereocenters. The van der Waals surface area contributed by atoms with Gasteiger partial charge < -0.3 is 20.9 Å². The molecule has 1 amide bonds. The van der Waals surface area contributed by atoms with E-state index in [1.807, 2.05) is 159 Å². The number of benzene rings is 6. The number of aryl methyl sites for hydroxylation is 2. The van der Waals surface area contributed by atoms with E-state index in [0.29, 0.717) is 69.4 Å². The molecule has 420 valence electrons. The fraction of sp³-hybridized carbons (Fsp3) is 0.125. The first-order valence-corrected chi connectivity index (χ1v) is 27.1. The number of carbonyl (C=O) groups excluding carboxylic acids is 2. The van der Waals surface area contributed by atoms with Gasteiger partial charge in [-0.15, -0.1) is 0 Å². The van der Waals surface area contributed by atoms with Gasteiger partial charge in [-0.05, 0) is 121 Å². The number of anilines is 1. The second kappa shape index (κ2) is 24.7. The van der Waals surface area contributed by atoms with Crippen LogP contribution in [0, 0.1) is 13.8 Å². The minimum Gasteiger partial charge on any atom is -0.477 e. The minimum absolute atomic E-state index is 0. The molecule has 7 heterocycles. The van der Waals surface area contributed by atoms with Crippen molar-refractivity contribution < 1.29 is 24.2 Å². The van der Waals surface area contributed by atoms with E-state index >= 15 is 0 Å². The average Bonchev–Trinajstić information content (AvgIpc) is 2.74. The van der Waals surface area contributed by atoms with E-state index in [9.17, 15) is 19.5 Å². The molecule has 20 heteroatoms. The van der Waals surface area contributed by atoms with Crippen molar-refractivity contribution >= 4 is 124 Å². The Kier molecular flexibility index (Phi) is 16.9. The maximum absolute atomic E-state index is 13.4. The number of fused-ring (bicyclic) bond motifs is 6. The number of carboxylic acid groups (broad SMARTS) is 1. The highest BCUT2D eigenvalue weighted by Crippen LogP contribution is 2.27. The first kappa shape index (κ1) is 57.4. The molecule has 0 saturated carbocycles. The summed E-state index contributed by atoms with van der Waals surface area (Å²) in [6, 6.07) is 47.4. The summed E-state index contributed by atoms with van der Waals surface area (Å²) in [6.45, 7) is 5.45. The van der Waals surface area contributed by atoms with E-state index in [-0.39, 0.29) is 19.0 Å². The van der Waals surface area contributed by atoms with Crippen LogP contribution in [0.15, 0.2) is 170 Å². The molecule has 84 heavy (non-hydrogen) atoms. The number of nitrogens with one attached hydrogen (secondary N) is 1. The van der Waals surface area contributed by atoms with Crippen LogP contribution >= 0.6 is 34.8 Å². The Labute approximate surface area is 496 Å². The van der Waals surface area contributed by atoms with Crippen LogP contribution in [-0.2, 0) is 30.9 Å². The van der Waals surface area contributed by atoms with Gasteiger partial charge >= 0.3 is 11.9 Å². The maximum Gasteiger partial charge on any atom is 0.356 e. The first-order valence-electron chi connectivity index (χ1n) is 26.0. The van der Waals surface area contributed by atoms with Gasteiger partial charge in [-0.2, -0.15) is 15.3 Å². The third-order valence-corrected chi connectivity index (χ3v) is 14.5. The van der Waals surface area contributed by atoms with Crippen molar-refractivity contribution in [3.05, 3.63) is 236 Å². The highest BCUT2D eigenvalue weighted by Gasteiger charge is 2.22. The van der Waals surface area contributed by atoms with Crippen LogP contribution in [0.25, 0.3) is 65.4 Å². The number of nitrogen functional groups attached to an aromatic ring is 1. The summed E-state index contributed by atoms with van der Waals surface area (Å²) >= 11 is 18.1. The Morgan fingerprint density at radius 1 is 0.536 bits per heavy atom. The predicted octanol–water partition coefficient (Wildman–Crippen LogP) is 13.5. The summed E-state index contributed by atoms with van der Waals surface area (Å²) < 4.78 is 9.89. The Bertz CT molecular complexity index is 4650. The SMILES string of the molecule is C.COC(=O)c1c2ccccc2nn1Cc1ccc2ncc(Cl)cc2c1.Cc1cc(N)nc(C)c1CNC(=O)c1c2ccccc2nn1Cc1ccc2ncc(Cl)cc2c1.O=C(O)c1c2ccccc2nn1Cc1ccc2ncc(Cl)cc2c1. The van der Waals surface area contributed by atoms with Gasteiger partial charge in [0.1, 0.15) is 11.5 Å². The van der Waals surface area contributed by atoms with Crippen LogP contribution in [0.5, 0.6) is 0 Å². The molecule has 7 aromatic heterocycles. The summed E-state index contributed by atoms with van der Waals surface area (Å²) in [6.07, 6.45) is 4.86. The molecule has 13 aromatic rings. The number of ether oxygens (including phenoxy) is 1. The molecule has 17 nitrogen and oxygen atoms in total. The number of pyridine rings is 4. The van der Waals surface area contributed by atoms with E-state index in [0.717, 1.165) is 88.0 Å². The number of aromatic carboxylic acids is 1. The van der Waals surface area contributed by atoms with Crippen molar-refractivity contribution in [2.24, 2.45) is 0 Å². The van der Waals surface area contributed by atoms with E-state index < -0.39 is 11.9 Å². The quantitative estimate of drug-likeness (QED) is 0.103. The monoisotopic (exact) mass is 1170 g/mol. The zero-order valence-electron chi connectivity index (χ0n) is 44.8. The van der Waals surface area contributed by atoms with Crippen LogP contribution in [0.4, 0.5) is 5.82 Å². The van der Waals surface area contributed by atoms with Crippen molar-refractivity contribution in [3.8, 4) is 0 Å². The number of carbonyl (C=O) groups is 3. The van der Waals surface area contributed by atoms with Gasteiger partial charge in [0.2, 0.25) is 0 Å². The van der Waals surface area contributed by atoms with E-state index in [1.54, 1.807) is 34.0 Å². The molecule has 4 N–H and O–H groups in total. The maximum atomic E-state index is 13.4. The number of amides is 1. The lowest BCUT2D eigenvalue weighted by atomic mass is 10.1. The second-order valence-electron chi connectivity index (χ2n) is 19.5. The van der Waals surface area contributed by atoms with E-state index in [1.165, 1.54) is 11.8 Å². The second-order valence-corrected chi connectivity index (χ2v) is 20.8. The standard InChI is InChI=1S/C26H23ClN6O.C19H14ClN3O2.C18H12ClN3O2.CH4/c1-15-9-24(28)31-16(2)21(15)13-30-26(34)25-20-5-3-4-6-23(20)32-33(25)14-17-7-8-22-18(10-17)11-19(27)12-29-22;1-25-19(24)18-15-4-2-3-5-17(15)22-23(18)11-12-6-7-16-13(8-12)9-14(20)10-21-16;19-13-8-12-7-11(5-6-15(12)20-9-13)10-22-17(18(23)24)14-3-1-2-4-16(14)21-22;/h3-12H,13-14H2,1-2H3,(H2,28,31)(H,30,34);2-10H,11H2,1H3;1-9H,10H2,(H,23,24);1H4.